The largest absolute Gasteiger partial charge is 1.00 e. The molecule has 0 atom stereocenters. The number of hydrogen-bond acceptors (Lipinski definition) is 3. The average Bonchev–Trinajstić information content (AvgIpc) is 3.75. The van der Waals surface area contributed by atoms with E-state index in [4.69, 9.17) is 4.74 Å². The predicted molar refractivity (Wildman–Crippen MR) is 214 cm³/mol. The topological polar surface area (TPSA) is 49.1 Å². The van der Waals surface area contributed by atoms with E-state index in [1.165, 1.54) is 31.8 Å². The van der Waals surface area contributed by atoms with Crippen molar-refractivity contribution in [1.29, 1.82) is 0 Å². The van der Waals surface area contributed by atoms with Gasteiger partial charge in [0.25, 0.3) is 0 Å². The number of rotatable bonds is 9. The summed E-state index contributed by atoms with van der Waals surface area (Å²) in [5, 5.41) is 7.88. The van der Waals surface area contributed by atoms with Gasteiger partial charge < -0.3 is 14.7 Å². The monoisotopic (exact) mass is 747 g/mol. The number of para-hydroxylation sites is 2. The summed E-state index contributed by atoms with van der Waals surface area (Å²) in [6.45, 7) is 0. The molecule has 0 radical (unpaired) electrons. The summed E-state index contributed by atoms with van der Waals surface area (Å²) in [6.07, 6.45) is 5.04. The third kappa shape index (κ3) is 8.97. The third-order valence-electron chi connectivity index (χ3n) is 8.14. The van der Waals surface area contributed by atoms with Crippen molar-refractivity contribution < 1.29 is 21.8 Å². The first-order chi connectivity index (χ1) is 24.8. The summed E-state index contributed by atoms with van der Waals surface area (Å²) < 4.78 is 6.94. The number of benzene rings is 6. The fraction of sp³-hybridized carbons (Fsp3) is 0. The average molecular weight is 748 g/mol. The molecule has 0 unspecified atom stereocenters. The number of aromatic nitrogens is 3. The maximum Gasteiger partial charge on any atom is 1.00 e. The summed E-state index contributed by atoms with van der Waals surface area (Å²) in [6, 6.07) is 66.2. The molecule has 0 aliphatic rings. The molecule has 4 nitrogen and oxygen atoms in total. The van der Waals surface area contributed by atoms with E-state index in [-0.39, 0.29) is 17.1 Å². The van der Waals surface area contributed by atoms with Crippen LogP contribution in [0.15, 0.2) is 207 Å². The molecule has 0 saturated heterocycles. The Labute approximate surface area is 312 Å². The fourth-order valence-electron chi connectivity index (χ4n) is 5.89. The predicted octanol–water partition coefficient (Wildman–Crippen LogP) is 7.56. The second-order valence-electron chi connectivity index (χ2n) is 11.4. The molecule has 7 heteroatoms. The number of nitrogens with zero attached hydrogens (tertiary/aromatic N) is 3. The Morgan fingerprint density at radius 2 is 0.784 bits per heavy atom. The molecule has 8 rings (SSSR count). The molecule has 0 N–H and O–H groups in total. The van der Waals surface area contributed by atoms with Crippen LogP contribution < -0.4 is 41.5 Å². The Balaban J connectivity index is 0.000000317. The fourth-order valence-corrected chi connectivity index (χ4v) is 11.2. The first-order valence-corrected chi connectivity index (χ1v) is 19.5. The van der Waals surface area contributed by atoms with Gasteiger partial charge in [-0.15, -0.1) is 0 Å². The zero-order chi connectivity index (χ0) is 33.8. The van der Waals surface area contributed by atoms with Crippen molar-refractivity contribution in [1.82, 2.24) is 15.0 Å². The minimum Gasteiger partial charge on any atom is -0.449 e. The van der Waals surface area contributed by atoms with Crippen molar-refractivity contribution >= 4 is 47.7 Å². The summed E-state index contributed by atoms with van der Waals surface area (Å²) >= 11 is 0. The van der Waals surface area contributed by atoms with E-state index >= 15 is 0 Å². The van der Waals surface area contributed by atoms with Crippen LogP contribution >= 0.6 is 15.8 Å². The maximum absolute atomic E-state index is 6.94. The Morgan fingerprint density at radius 1 is 0.392 bits per heavy atom. The summed E-state index contributed by atoms with van der Waals surface area (Å²) in [5.41, 5.74) is 0.817. The van der Waals surface area contributed by atoms with Crippen LogP contribution in [-0.2, 0) is 17.1 Å². The van der Waals surface area contributed by atoms with Crippen LogP contribution in [-0.4, -0.2) is 9.97 Å². The Morgan fingerprint density at radius 3 is 1.16 bits per heavy atom. The molecule has 0 saturated carbocycles. The van der Waals surface area contributed by atoms with Crippen molar-refractivity contribution in [3.8, 4) is 23.0 Å². The van der Waals surface area contributed by atoms with E-state index < -0.39 is 15.8 Å². The van der Waals surface area contributed by atoms with Gasteiger partial charge in [0, 0.05) is 6.20 Å². The van der Waals surface area contributed by atoms with E-state index in [0.29, 0.717) is 5.82 Å². The Bertz CT molecular complexity index is 1990. The van der Waals surface area contributed by atoms with E-state index in [1.807, 2.05) is 18.2 Å². The van der Waals surface area contributed by atoms with Gasteiger partial charge in [-0.25, -0.2) is 0 Å². The van der Waals surface area contributed by atoms with Gasteiger partial charge in [-0.1, -0.05) is 116 Å². The van der Waals surface area contributed by atoms with Crippen molar-refractivity contribution in [3.05, 3.63) is 207 Å². The SMILES string of the molecule is [Cu+].c1ccc(-c2ncc[n-]2)nc1.c1ccc([PH+](c2ccccc2)c2ccccc2Oc2ccccc2[PH+](c2ccccc2)c2ccccc2)cc1. The van der Waals surface area contributed by atoms with Crippen LogP contribution in [0.2, 0.25) is 0 Å². The first-order valence-electron chi connectivity index (χ1n) is 16.5. The number of pyridine rings is 1. The van der Waals surface area contributed by atoms with Crippen LogP contribution in [0.25, 0.3) is 11.5 Å². The minimum absolute atomic E-state index is 0. The first kappa shape index (κ1) is 35.7. The molecular formula is C44H36CuN3OP2+2. The van der Waals surface area contributed by atoms with Gasteiger partial charge in [0.15, 0.2) is 11.5 Å². The summed E-state index contributed by atoms with van der Waals surface area (Å²) in [7, 11) is -2.56. The number of imidazole rings is 1. The van der Waals surface area contributed by atoms with Gasteiger partial charge >= 0.3 is 17.1 Å². The Kier molecular flexibility index (Phi) is 12.7. The van der Waals surface area contributed by atoms with Crippen LogP contribution in [0, 0.1) is 0 Å². The maximum atomic E-state index is 6.94. The second-order valence-corrected chi connectivity index (χ2v) is 16.3. The van der Waals surface area contributed by atoms with Crippen LogP contribution in [0.4, 0.5) is 0 Å². The number of hydrogen-bond donors (Lipinski definition) is 0. The molecule has 0 bridgehead atoms. The van der Waals surface area contributed by atoms with Gasteiger partial charge in [0.1, 0.15) is 47.7 Å². The van der Waals surface area contributed by atoms with E-state index in [2.05, 4.69) is 185 Å². The molecule has 0 aliphatic carbocycles. The molecule has 0 fully saturated rings. The van der Waals surface area contributed by atoms with Crippen molar-refractivity contribution in [3.63, 3.8) is 0 Å². The van der Waals surface area contributed by atoms with Crippen LogP contribution in [0.3, 0.4) is 0 Å². The smallest absolute Gasteiger partial charge is 0.449 e. The molecule has 2 heterocycles. The third-order valence-corrected chi connectivity index (χ3v) is 13.7. The zero-order valence-electron chi connectivity index (χ0n) is 27.7. The molecule has 6 aromatic carbocycles. The standard InChI is InChI=1S/C36H28OP2.C8H6N3.Cu/c1-5-17-29(18-6-1)38(30-19-7-2-8-20-30)35-27-15-13-25-33(35)37-34-26-14-16-28-36(34)39(31-21-9-3-10-22-31)32-23-11-4-12-24-32;1-2-4-9-7(3-1)8-10-5-6-11-8;/h1-28H;1-6H;/q;-1;+1/p+2. The second kappa shape index (κ2) is 18.2. The normalized spacial score (nSPS) is 10.5. The van der Waals surface area contributed by atoms with Crippen molar-refractivity contribution in [2.24, 2.45) is 0 Å². The molecular weight excluding hydrogens is 712 g/mol. The van der Waals surface area contributed by atoms with E-state index in [0.717, 1.165) is 17.2 Å². The van der Waals surface area contributed by atoms with Gasteiger partial charge in [0.2, 0.25) is 0 Å². The molecule has 0 spiro atoms. The van der Waals surface area contributed by atoms with Crippen LogP contribution in [0.1, 0.15) is 0 Å². The molecule has 0 amide bonds. The summed E-state index contributed by atoms with van der Waals surface area (Å²) in [4.78, 5) is 12.1. The van der Waals surface area contributed by atoms with E-state index in [1.54, 1.807) is 18.6 Å². The zero-order valence-corrected chi connectivity index (χ0v) is 30.6. The Hall–Kier alpha value is -5.14. The quantitative estimate of drug-likeness (QED) is 0.113. The molecule has 252 valence electrons. The van der Waals surface area contributed by atoms with Gasteiger partial charge in [-0.3, -0.25) is 4.98 Å². The van der Waals surface area contributed by atoms with Gasteiger partial charge in [0.05, 0.1) is 5.69 Å². The molecule has 2 aromatic heterocycles. The summed E-state index contributed by atoms with van der Waals surface area (Å²) in [5.74, 6) is 2.54. The van der Waals surface area contributed by atoms with Crippen molar-refractivity contribution in [2.45, 2.75) is 0 Å². The van der Waals surface area contributed by atoms with Gasteiger partial charge in [-0.2, -0.15) is 0 Å². The molecule has 0 aliphatic heterocycles. The van der Waals surface area contributed by atoms with Crippen molar-refractivity contribution in [2.75, 3.05) is 0 Å². The van der Waals surface area contributed by atoms with Gasteiger partial charge in [-0.05, 0) is 90.8 Å². The molecule has 8 aromatic rings. The number of ether oxygens (including phenoxy) is 1. The van der Waals surface area contributed by atoms with Crippen LogP contribution in [0.5, 0.6) is 11.5 Å². The minimum atomic E-state index is -1.28. The molecule has 51 heavy (non-hydrogen) atoms. The van der Waals surface area contributed by atoms with E-state index in [9.17, 15) is 0 Å².